The van der Waals surface area contributed by atoms with Crippen LogP contribution in [0.4, 0.5) is 0 Å². The second-order valence-corrected chi connectivity index (χ2v) is 6.63. The molecule has 1 saturated carbocycles. The van der Waals surface area contributed by atoms with E-state index in [2.05, 4.69) is 0 Å². The predicted octanol–water partition coefficient (Wildman–Crippen LogP) is 1.77. The van der Waals surface area contributed by atoms with E-state index in [1.807, 2.05) is 6.07 Å². The van der Waals surface area contributed by atoms with Crippen LogP contribution in [-0.2, 0) is 10.0 Å². The van der Waals surface area contributed by atoms with E-state index in [0.29, 0.717) is 5.75 Å². The van der Waals surface area contributed by atoms with Gasteiger partial charge in [0.1, 0.15) is 16.4 Å². The van der Waals surface area contributed by atoms with Crippen molar-refractivity contribution in [2.75, 3.05) is 20.8 Å². The first-order chi connectivity index (χ1) is 10.0. The number of ether oxygens (including phenoxy) is 2. The van der Waals surface area contributed by atoms with Crippen molar-refractivity contribution in [2.45, 2.75) is 30.2 Å². The Balaban J connectivity index is 2.43. The Morgan fingerprint density at radius 1 is 1.33 bits per heavy atom. The summed E-state index contributed by atoms with van der Waals surface area (Å²) in [6.07, 6.45) is 1.83. The highest BCUT2D eigenvalue weighted by Gasteiger charge is 2.39. The van der Waals surface area contributed by atoms with Crippen molar-refractivity contribution < 1.29 is 17.9 Å². The van der Waals surface area contributed by atoms with E-state index in [1.165, 1.54) is 24.6 Å². The molecule has 0 aromatic heterocycles. The van der Waals surface area contributed by atoms with E-state index in [4.69, 9.17) is 14.7 Å². The molecule has 0 atom stereocenters. The van der Waals surface area contributed by atoms with Gasteiger partial charge in [-0.1, -0.05) is 0 Å². The van der Waals surface area contributed by atoms with Gasteiger partial charge < -0.3 is 9.47 Å². The molecule has 114 valence electrons. The van der Waals surface area contributed by atoms with Gasteiger partial charge in [0.05, 0.1) is 20.3 Å². The van der Waals surface area contributed by atoms with Crippen molar-refractivity contribution in [3.8, 4) is 17.6 Å². The van der Waals surface area contributed by atoms with E-state index in [0.717, 1.165) is 12.8 Å². The molecule has 0 bridgehead atoms. The number of nitrogens with zero attached hydrogens (tertiary/aromatic N) is 2. The number of benzene rings is 1. The first kappa shape index (κ1) is 15.6. The summed E-state index contributed by atoms with van der Waals surface area (Å²) in [5, 5.41) is 8.72. The van der Waals surface area contributed by atoms with E-state index < -0.39 is 10.0 Å². The summed E-state index contributed by atoms with van der Waals surface area (Å²) in [4.78, 5) is 0.0780. The third kappa shape index (κ3) is 3.28. The molecular formula is C14H18N2O4S. The Morgan fingerprint density at radius 3 is 2.57 bits per heavy atom. The monoisotopic (exact) mass is 310 g/mol. The van der Waals surface area contributed by atoms with Crippen LogP contribution in [0.3, 0.4) is 0 Å². The molecule has 21 heavy (non-hydrogen) atoms. The Bertz CT molecular complexity index is 647. The van der Waals surface area contributed by atoms with Crippen LogP contribution in [0, 0.1) is 11.3 Å². The molecule has 2 rings (SSSR count). The molecule has 7 heteroatoms. The highest BCUT2D eigenvalue weighted by atomic mass is 32.2. The Labute approximate surface area is 124 Å². The van der Waals surface area contributed by atoms with Gasteiger partial charge in [0, 0.05) is 25.1 Å². The molecule has 6 nitrogen and oxygen atoms in total. The molecule has 0 saturated heterocycles. The molecule has 1 aliphatic carbocycles. The molecule has 0 unspecified atom stereocenters. The van der Waals surface area contributed by atoms with Gasteiger partial charge >= 0.3 is 0 Å². The Kier molecular flexibility index (Phi) is 4.70. The molecule has 0 N–H and O–H groups in total. The largest absolute Gasteiger partial charge is 0.497 e. The zero-order valence-electron chi connectivity index (χ0n) is 12.1. The Hall–Kier alpha value is -1.78. The molecular weight excluding hydrogens is 292 g/mol. The standard InChI is InChI=1S/C14H18N2O4S/c1-19-12-6-7-13(20-2)14(10-12)21(17,18)16(9-3-8-15)11-4-5-11/h6-7,10-11H,3-5,9H2,1-2H3. The molecule has 0 amide bonds. The van der Waals surface area contributed by atoms with Gasteiger partial charge in [0.25, 0.3) is 0 Å². The third-order valence-electron chi connectivity index (χ3n) is 3.36. The minimum atomic E-state index is -3.71. The average Bonchev–Trinajstić information content (AvgIpc) is 3.31. The fourth-order valence-electron chi connectivity index (χ4n) is 2.13. The van der Waals surface area contributed by atoms with Crippen LogP contribution >= 0.6 is 0 Å². The fraction of sp³-hybridized carbons (Fsp3) is 0.500. The number of sulfonamides is 1. The second-order valence-electron chi connectivity index (χ2n) is 4.77. The summed E-state index contributed by atoms with van der Waals surface area (Å²) in [5.74, 6) is 0.726. The van der Waals surface area contributed by atoms with Crippen molar-refractivity contribution in [2.24, 2.45) is 0 Å². The minimum Gasteiger partial charge on any atom is -0.497 e. The van der Waals surface area contributed by atoms with Crippen LogP contribution in [0.1, 0.15) is 19.3 Å². The number of hydrogen-bond acceptors (Lipinski definition) is 5. The summed E-state index contributed by atoms with van der Waals surface area (Å²) in [5.41, 5.74) is 0. The van der Waals surface area contributed by atoms with Crippen LogP contribution in [0.2, 0.25) is 0 Å². The van der Waals surface area contributed by atoms with Gasteiger partial charge in [-0.05, 0) is 25.0 Å². The maximum Gasteiger partial charge on any atom is 0.247 e. The van der Waals surface area contributed by atoms with Crippen LogP contribution in [-0.4, -0.2) is 39.5 Å². The normalized spacial score (nSPS) is 14.8. The fourth-order valence-corrected chi connectivity index (χ4v) is 3.99. The van der Waals surface area contributed by atoms with Crippen molar-refractivity contribution >= 4 is 10.0 Å². The van der Waals surface area contributed by atoms with Gasteiger partial charge in [-0.3, -0.25) is 0 Å². The summed E-state index contributed by atoms with van der Waals surface area (Å²) < 4.78 is 37.3. The number of hydrogen-bond donors (Lipinski definition) is 0. The van der Waals surface area contributed by atoms with E-state index in [-0.39, 0.29) is 29.7 Å². The summed E-state index contributed by atoms with van der Waals surface area (Å²) >= 11 is 0. The summed E-state index contributed by atoms with van der Waals surface area (Å²) in [6.45, 7) is 0.198. The topological polar surface area (TPSA) is 79.6 Å². The number of methoxy groups -OCH3 is 2. The average molecular weight is 310 g/mol. The van der Waals surface area contributed by atoms with E-state index >= 15 is 0 Å². The van der Waals surface area contributed by atoms with E-state index in [1.54, 1.807) is 12.1 Å². The lowest BCUT2D eigenvalue weighted by Crippen LogP contribution is -2.34. The lowest BCUT2D eigenvalue weighted by Gasteiger charge is -2.22. The highest BCUT2D eigenvalue weighted by molar-refractivity contribution is 7.89. The maximum absolute atomic E-state index is 12.8. The molecule has 1 fully saturated rings. The molecule has 0 aliphatic heterocycles. The lowest BCUT2D eigenvalue weighted by molar-refractivity contribution is 0.380. The Morgan fingerprint density at radius 2 is 2.05 bits per heavy atom. The van der Waals surface area contributed by atoms with Crippen molar-refractivity contribution in [1.82, 2.24) is 4.31 Å². The van der Waals surface area contributed by atoms with Crippen molar-refractivity contribution in [3.63, 3.8) is 0 Å². The number of rotatable bonds is 7. The van der Waals surface area contributed by atoms with Crippen LogP contribution in [0.5, 0.6) is 11.5 Å². The van der Waals surface area contributed by atoms with Gasteiger partial charge in [-0.2, -0.15) is 9.57 Å². The van der Waals surface area contributed by atoms with Gasteiger partial charge in [-0.25, -0.2) is 8.42 Å². The molecule has 1 aliphatic rings. The van der Waals surface area contributed by atoms with Crippen molar-refractivity contribution in [1.29, 1.82) is 5.26 Å². The van der Waals surface area contributed by atoms with Gasteiger partial charge in [0.15, 0.2) is 0 Å². The van der Waals surface area contributed by atoms with Crippen molar-refractivity contribution in [3.05, 3.63) is 18.2 Å². The summed E-state index contributed by atoms with van der Waals surface area (Å²) in [7, 11) is -0.801. The first-order valence-corrected chi connectivity index (χ1v) is 8.09. The summed E-state index contributed by atoms with van der Waals surface area (Å²) in [6, 6.07) is 6.65. The van der Waals surface area contributed by atoms with Crippen LogP contribution in [0.15, 0.2) is 23.1 Å². The SMILES string of the molecule is COc1ccc(OC)c(S(=O)(=O)N(CCC#N)C2CC2)c1. The quantitative estimate of drug-likeness (QED) is 0.767. The second kappa shape index (κ2) is 6.33. The highest BCUT2D eigenvalue weighted by Crippen LogP contribution is 2.36. The zero-order valence-corrected chi connectivity index (χ0v) is 12.9. The zero-order chi connectivity index (χ0) is 15.5. The molecule has 0 heterocycles. The number of nitriles is 1. The van der Waals surface area contributed by atoms with Crippen LogP contribution < -0.4 is 9.47 Å². The molecule has 0 spiro atoms. The van der Waals surface area contributed by atoms with Gasteiger partial charge in [-0.15, -0.1) is 0 Å². The van der Waals surface area contributed by atoms with Gasteiger partial charge in [0.2, 0.25) is 10.0 Å². The maximum atomic E-state index is 12.8. The minimum absolute atomic E-state index is 0.0146. The smallest absolute Gasteiger partial charge is 0.247 e. The first-order valence-electron chi connectivity index (χ1n) is 6.65. The van der Waals surface area contributed by atoms with Crippen LogP contribution in [0.25, 0.3) is 0 Å². The molecule has 0 radical (unpaired) electrons. The molecule has 1 aromatic carbocycles. The third-order valence-corrected chi connectivity index (χ3v) is 5.33. The molecule has 1 aromatic rings. The predicted molar refractivity (Wildman–Crippen MR) is 76.7 cm³/mol. The lowest BCUT2D eigenvalue weighted by atomic mass is 10.3. The van der Waals surface area contributed by atoms with E-state index in [9.17, 15) is 8.42 Å².